The number of carbonyl (C=O) groups excluding carboxylic acids is 2. The highest BCUT2D eigenvalue weighted by atomic mass is 35.5. The van der Waals surface area contributed by atoms with E-state index in [1.54, 1.807) is 32.7 Å². The van der Waals surface area contributed by atoms with Crippen molar-refractivity contribution >= 4 is 35.2 Å². The van der Waals surface area contributed by atoms with Crippen LogP contribution >= 0.6 is 23.2 Å². The van der Waals surface area contributed by atoms with Gasteiger partial charge in [0, 0.05) is 37.1 Å². The maximum atomic E-state index is 13.8. The summed E-state index contributed by atoms with van der Waals surface area (Å²) in [6.45, 7) is 6.87. The number of amides is 2. The number of ether oxygens (including phenoxy) is 2. The lowest BCUT2D eigenvalue weighted by atomic mass is 10.1. The highest BCUT2D eigenvalue weighted by Gasteiger charge is 2.27. The molecular weight excluding hydrogens is 422 g/mol. The monoisotopic (exact) mass is 448 g/mol. The van der Waals surface area contributed by atoms with Crippen LogP contribution < -0.4 is 0 Å². The van der Waals surface area contributed by atoms with Crippen LogP contribution in [0.25, 0.3) is 0 Å². The molecule has 2 amide bonds. The fourth-order valence-electron chi connectivity index (χ4n) is 2.91. The van der Waals surface area contributed by atoms with E-state index in [4.69, 9.17) is 32.7 Å². The fourth-order valence-corrected chi connectivity index (χ4v) is 3.41. The quantitative estimate of drug-likeness (QED) is 0.613. The van der Waals surface area contributed by atoms with Crippen LogP contribution in [0.4, 0.5) is 9.18 Å². The van der Waals surface area contributed by atoms with Gasteiger partial charge in [0.1, 0.15) is 17.5 Å². The Balaban J connectivity index is 1.87. The Kier molecular flexibility index (Phi) is 8.14. The van der Waals surface area contributed by atoms with Crippen molar-refractivity contribution in [2.75, 3.05) is 33.3 Å². The van der Waals surface area contributed by atoms with E-state index in [1.165, 1.54) is 17.0 Å². The summed E-state index contributed by atoms with van der Waals surface area (Å²) < 4.78 is 24.8. The van der Waals surface area contributed by atoms with E-state index in [1.807, 2.05) is 0 Å². The maximum absolute atomic E-state index is 13.8. The summed E-state index contributed by atoms with van der Waals surface area (Å²) in [5.74, 6) is -0.634. The first-order valence-corrected chi connectivity index (χ1v) is 10.2. The molecule has 1 fully saturated rings. The van der Waals surface area contributed by atoms with Gasteiger partial charge < -0.3 is 19.3 Å². The van der Waals surface area contributed by atoms with Gasteiger partial charge in [-0.25, -0.2) is 9.18 Å². The van der Waals surface area contributed by atoms with Crippen LogP contribution in [-0.4, -0.2) is 60.7 Å². The van der Waals surface area contributed by atoms with Gasteiger partial charge in [-0.2, -0.15) is 0 Å². The Morgan fingerprint density at radius 2 is 2.00 bits per heavy atom. The van der Waals surface area contributed by atoms with Crippen molar-refractivity contribution in [3.8, 4) is 0 Å². The second-order valence-corrected chi connectivity index (χ2v) is 8.81. The highest BCUT2D eigenvalue weighted by Crippen LogP contribution is 2.32. The zero-order valence-corrected chi connectivity index (χ0v) is 18.6. The van der Waals surface area contributed by atoms with Gasteiger partial charge in [-0.15, -0.1) is 0 Å². The lowest BCUT2D eigenvalue weighted by molar-refractivity contribution is -0.139. The van der Waals surface area contributed by atoms with Gasteiger partial charge in [0.15, 0.2) is 0 Å². The number of rotatable bonds is 5. The molecule has 1 heterocycles. The molecule has 0 spiro atoms. The molecule has 1 aromatic carbocycles. The second kappa shape index (κ2) is 9.96. The zero-order valence-electron chi connectivity index (χ0n) is 17.1. The van der Waals surface area contributed by atoms with Gasteiger partial charge in [-0.1, -0.05) is 23.2 Å². The topological polar surface area (TPSA) is 59.1 Å². The number of benzene rings is 1. The molecule has 0 aromatic heterocycles. The van der Waals surface area contributed by atoms with Gasteiger partial charge in [0.2, 0.25) is 5.91 Å². The summed E-state index contributed by atoms with van der Waals surface area (Å²) in [5, 5.41) is 0.242. The molecule has 1 atom stereocenters. The molecule has 1 aliphatic heterocycles. The average Bonchev–Trinajstić information content (AvgIpc) is 2.63. The van der Waals surface area contributed by atoms with Gasteiger partial charge >= 0.3 is 6.09 Å². The van der Waals surface area contributed by atoms with E-state index in [0.717, 1.165) is 0 Å². The van der Waals surface area contributed by atoms with Crippen molar-refractivity contribution in [3.63, 3.8) is 0 Å². The first-order valence-electron chi connectivity index (χ1n) is 9.46. The highest BCUT2D eigenvalue weighted by molar-refractivity contribution is 6.35. The van der Waals surface area contributed by atoms with Crippen molar-refractivity contribution in [1.29, 1.82) is 0 Å². The summed E-state index contributed by atoms with van der Waals surface area (Å²) >= 11 is 11.9. The van der Waals surface area contributed by atoms with Crippen molar-refractivity contribution < 1.29 is 23.5 Å². The van der Waals surface area contributed by atoms with E-state index >= 15 is 0 Å². The van der Waals surface area contributed by atoms with E-state index in [2.05, 4.69) is 0 Å². The lowest BCUT2D eigenvalue weighted by Crippen LogP contribution is -2.42. The summed E-state index contributed by atoms with van der Waals surface area (Å²) in [4.78, 5) is 27.7. The van der Waals surface area contributed by atoms with Crippen LogP contribution in [0.5, 0.6) is 0 Å². The molecule has 1 aliphatic rings. The minimum Gasteiger partial charge on any atom is -0.444 e. The molecule has 29 heavy (non-hydrogen) atoms. The van der Waals surface area contributed by atoms with E-state index in [0.29, 0.717) is 36.7 Å². The predicted molar refractivity (Wildman–Crippen MR) is 110 cm³/mol. The number of carbonyl (C=O) groups is 2. The molecule has 6 nitrogen and oxygen atoms in total. The molecule has 1 aromatic rings. The Hall–Kier alpha value is -1.57. The largest absolute Gasteiger partial charge is 0.444 e. The van der Waals surface area contributed by atoms with Crippen LogP contribution in [0.15, 0.2) is 12.1 Å². The molecule has 0 aliphatic carbocycles. The number of hydrogen-bond donors (Lipinski definition) is 0. The number of nitrogens with zero attached hydrogens (tertiary/aromatic N) is 2. The summed E-state index contributed by atoms with van der Waals surface area (Å²) in [7, 11) is 1.64. The van der Waals surface area contributed by atoms with E-state index < -0.39 is 23.6 Å². The first kappa shape index (κ1) is 23.7. The fraction of sp³-hybridized carbons (Fsp3) is 0.600. The van der Waals surface area contributed by atoms with Crippen LogP contribution in [0.1, 0.15) is 45.3 Å². The van der Waals surface area contributed by atoms with Crippen LogP contribution in [0.3, 0.4) is 0 Å². The number of morpholine rings is 1. The van der Waals surface area contributed by atoms with Crippen LogP contribution in [0.2, 0.25) is 10.0 Å². The van der Waals surface area contributed by atoms with Gasteiger partial charge in [-0.3, -0.25) is 4.79 Å². The molecule has 0 saturated carbocycles. The average molecular weight is 449 g/mol. The van der Waals surface area contributed by atoms with E-state index in [-0.39, 0.29) is 23.9 Å². The molecule has 2 rings (SSSR count). The Morgan fingerprint density at radius 1 is 1.31 bits per heavy atom. The molecule has 1 unspecified atom stereocenters. The third-order valence-corrected chi connectivity index (χ3v) is 5.01. The van der Waals surface area contributed by atoms with Crippen molar-refractivity contribution in [3.05, 3.63) is 33.6 Å². The molecule has 0 radical (unpaired) electrons. The summed E-state index contributed by atoms with van der Waals surface area (Å²) in [5.41, 5.74) is -0.0948. The molecule has 162 valence electrons. The van der Waals surface area contributed by atoms with Crippen molar-refractivity contribution in [2.45, 2.75) is 45.3 Å². The minimum absolute atomic E-state index is 0.0542. The smallest absolute Gasteiger partial charge is 0.410 e. The van der Waals surface area contributed by atoms with E-state index in [9.17, 15) is 14.0 Å². The molecule has 9 heteroatoms. The summed E-state index contributed by atoms with van der Waals surface area (Å²) in [6, 6.07) is 2.59. The SMILES string of the molecule is CN(CCCC(=O)N1CCOC(c2cc(F)c(Cl)cc2Cl)C1)C(=O)OC(C)(C)C. The normalized spacial score (nSPS) is 17.2. The van der Waals surface area contributed by atoms with Gasteiger partial charge in [-0.05, 0) is 39.3 Å². The second-order valence-electron chi connectivity index (χ2n) is 7.99. The zero-order chi connectivity index (χ0) is 21.8. The van der Waals surface area contributed by atoms with Crippen molar-refractivity contribution in [1.82, 2.24) is 9.80 Å². The first-order chi connectivity index (χ1) is 13.5. The maximum Gasteiger partial charge on any atom is 0.410 e. The lowest BCUT2D eigenvalue weighted by Gasteiger charge is -2.34. The van der Waals surface area contributed by atoms with Gasteiger partial charge in [0.25, 0.3) is 0 Å². The predicted octanol–water partition coefficient (Wildman–Crippen LogP) is 4.68. The third kappa shape index (κ3) is 7.01. The molecule has 1 saturated heterocycles. The molecule has 0 N–H and O–H groups in total. The number of halogens is 3. The Labute approximate surface area is 180 Å². The van der Waals surface area contributed by atoms with Crippen LogP contribution in [-0.2, 0) is 14.3 Å². The van der Waals surface area contributed by atoms with Crippen LogP contribution in [0, 0.1) is 5.82 Å². The Morgan fingerprint density at radius 3 is 2.66 bits per heavy atom. The standard InChI is InChI=1S/C20H27Cl2FN2O4/c1-20(2,3)29-19(27)24(4)7-5-6-18(26)25-8-9-28-17(12-25)13-10-16(23)15(22)11-14(13)21/h10-11,17H,5-9,12H2,1-4H3. The molecular formula is C20H27Cl2FN2O4. The summed E-state index contributed by atoms with van der Waals surface area (Å²) in [6.07, 6.45) is -0.151. The Bertz CT molecular complexity index is 755. The number of hydrogen-bond acceptors (Lipinski definition) is 4. The van der Waals surface area contributed by atoms with Crippen molar-refractivity contribution in [2.24, 2.45) is 0 Å². The minimum atomic E-state index is -0.580. The van der Waals surface area contributed by atoms with Gasteiger partial charge in [0.05, 0.1) is 18.2 Å². The molecule has 0 bridgehead atoms. The third-order valence-electron chi connectivity index (χ3n) is 4.39.